The Bertz CT molecular complexity index is 1350. The molecule has 5 nitrogen and oxygen atoms in total. The van der Waals surface area contributed by atoms with Crippen molar-refractivity contribution in [1.29, 1.82) is 5.26 Å². The molecule has 39 heavy (non-hydrogen) atoms. The van der Waals surface area contributed by atoms with Crippen molar-refractivity contribution in [3.05, 3.63) is 72.6 Å². The normalized spacial score (nSPS) is 36.3. The lowest BCUT2D eigenvalue weighted by atomic mass is 9.40. The van der Waals surface area contributed by atoms with E-state index < -0.39 is 34.6 Å². The van der Waals surface area contributed by atoms with Gasteiger partial charge in [0.25, 0.3) is 0 Å². The molecule has 0 amide bonds. The van der Waals surface area contributed by atoms with Crippen LogP contribution in [0.3, 0.4) is 0 Å². The van der Waals surface area contributed by atoms with Gasteiger partial charge in [-0.05, 0) is 42.9 Å². The van der Waals surface area contributed by atoms with Gasteiger partial charge in [0.1, 0.15) is 23.3 Å². The Hall–Kier alpha value is -3.30. The van der Waals surface area contributed by atoms with Crippen molar-refractivity contribution in [2.45, 2.75) is 58.9 Å². The highest BCUT2D eigenvalue weighted by Crippen LogP contribution is 2.72. The predicted octanol–water partition coefficient (Wildman–Crippen LogP) is 6.79. The summed E-state index contributed by atoms with van der Waals surface area (Å²) in [7, 11) is 0. The number of rotatable bonds is 6. The largest absolute Gasteiger partial charge is 0.461 e. The van der Waals surface area contributed by atoms with E-state index in [9.17, 15) is 10.1 Å². The fraction of sp³-hybridized carbons (Fsp3) is 0.485. The smallest absolute Gasteiger partial charge is 0.315 e. The molecule has 1 aromatic carbocycles. The summed E-state index contributed by atoms with van der Waals surface area (Å²) in [5.74, 6) is -0.811. The molecule has 2 saturated heterocycles. The van der Waals surface area contributed by atoms with Gasteiger partial charge in [0.15, 0.2) is 0 Å². The number of nitriles is 1. The molecule has 1 saturated carbocycles. The molecule has 0 radical (unpaired) electrons. The molecule has 1 aromatic heterocycles. The number of cyclic esters (lactones) is 1. The first-order valence-corrected chi connectivity index (χ1v) is 13.8. The van der Waals surface area contributed by atoms with Gasteiger partial charge in [-0.1, -0.05) is 64.1 Å². The first kappa shape index (κ1) is 27.3. The second-order valence-electron chi connectivity index (χ2n) is 12.0. The third-order valence-electron chi connectivity index (χ3n) is 10.2. The van der Waals surface area contributed by atoms with Crippen LogP contribution in [0.25, 0.3) is 17.2 Å². The van der Waals surface area contributed by atoms with Gasteiger partial charge >= 0.3 is 5.97 Å². The average Bonchev–Trinajstić information content (AvgIpc) is 3.14. The van der Waals surface area contributed by atoms with Gasteiger partial charge in [0.2, 0.25) is 0 Å². The van der Waals surface area contributed by atoms with Crippen molar-refractivity contribution in [2.75, 3.05) is 6.61 Å². The summed E-state index contributed by atoms with van der Waals surface area (Å²) in [6.07, 6.45) is 6.17. The Morgan fingerprint density at radius 3 is 2.59 bits per heavy atom. The summed E-state index contributed by atoms with van der Waals surface area (Å²) in [6.45, 7) is 14.3. The van der Waals surface area contributed by atoms with Gasteiger partial charge in [0.05, 0.1) is 23.9 Å². The number of carbonyl (C=O) groups excluding carboxylic acids is 1. The summed E-state index contributed by atoms with van der Waals surface area (Å²) >= 11 is 0. The number of carbonyl (C=O) groups is 1. The van der Waals surface area contributed by atoms with Crippen molar-refractivity contribution >= 4 is 12.0 Å². The van der Waals surface area contributed by atoms with E-state index in [1.54, 1.807) is 12.3 Å². The molecule has 204 valence electrons. The van der Waals surface area contributed by atoms with E-state index in [0.717, 1.165) is 16.8 Å². The molecule has 8 unspecified atom stereocenters. The molecule has 5 rings (SSSR count). The number of aromatic nitrogens is 1. The maximum atomic E-state index is 17.0. The number of ether oxygens (including phenoxy) is 2. The SMILES string of the molecule is C=CC1OCC23CC1(F)C(C)C(C=Cc1ccc(-c4ccccc4C#N)cn1)C2(C(C)C(C)C)C(C)OC3=O. The molecule has 8 atom stereocenters. The van der Waals surface area contributed by atoms with Crippen LogP contribution in [-0.2, 0) is 14.3 Å². The minimum atomic E-state index is -1.75. The fourth-order valence-electron chi connectivity index (χ4n) is 8.00. The molecular formula is C33H37FN2O3. The molecule has 3 aliphatic rings. The number of benzene rings is 1. The minimum absolute atomic E-state index is 0.0577. The molecule has 2 bridgehead atoms. The molecule has 0 N–H and O–H groups in total. The molecular weight excluding hydrogens is 491 g/mol. The summed E-state index contributed by atoms with van der Waals surface area (Å²) in [5.41, 5.74) is -0.492. The molecule has 2 aromatic rings. The number of hydrogen-bond donors (Lipinski definition) is 0. The first-order valence-electron chi connectivity index (χ1n) is 13.8. The molecule has 3 heterocycles. The second-order valence-corrected chi connectivity index (χ2v) is 12.0. The van der Waals surface area contributed by atoms with E-state index in [0.29, 0.717) is 5.56 Å². The second kappa shape index (κ2) is 9.71. The molecule has 1 spiro atoms. The van der Waals surface area contributed by atoms with Gasteiger partial charge in [-0.15, -0.1) is 6.58 Å². The van der Waals surface area contributed by atoms with E-state index in [4.69, 9.17) is 9.47 Å². The van der Waals surface area contributed by atoms with Crippen LogP contribution in [0.5, 0.6) is 0 Å². The Morgan fingerprint density at radius 2 is 1.95 bits per heavy atom. The summed E-state index contributed by atoms with van der Waals surface area (Å²) in [6, 6.07) is 13.5. The quantitative estimate of drug-likeness (QED) is 0.305. The van der Waals surface area contributed by atoms with Crippen LogP contribution in [0.4, 0.5) is 4.39 Å². The number of nitrogens with zero attached hydrogens (tertiary/aromatic N) is 2. The summed E-state index contributed by atoms with van der Waals surface area (Å²) in [5, 5.41) is 9.47. The average molecular weight is 529 g/mol. The van der Waals surface area contributed by atoms with E-state index in [2.05, 4.69) is 44.5 Å². The van der Waals surface area contributed by atoms with Crippen LogP contribution >= 0.6 is 0 Å². The number of hydrogen-bond acceptors (Lipinski definition) is 5. The molecule has 6 heteroatoms. The van der Waals surface area contributed by atoms with Crippen molar-refractivity contribution < 1.29 is 18.7 Å². The van der Waals surface area contributed by atoms with Gasteiger partial charge in [-0.3, -0.25) is 9.78 Å². The predicted molar refractivity (Wildman–Crippen MR) is 149 cm³/mol. The third-order valence-corrected chi connectivity index (χ3v) is 10.2. The Morgan fingerprint density at radius 1 is 1.21 bits per heavy atom. The van der Waals surface area contributed by atoms with Crippen LogP contribution in [0.2, 0.25) is 0 Å². The highest BCUT2D eigenvalue weighted by Gasteiger charge is 2.79. The Kier molecular flexibility index (Phi) is 6.79. The summed E-state index contributed by atoms with van der Waals surface area (Å²) in [4.78, 5) is 18.3. The standard InChI is InChI=1S/C33H37FN2O3/c1-7-29-32(34)18-31(19-38-29)30(37)39-23(6)33(31,21(4)20(2)3)28(22(32)5)15-14-26-13-12-25(17-36-26)27-11-9-8-10-24(27)16-35/h7-15,17,20-23,28-29H,1,18-19H2,2-6H3. The van der Waals surface area contributed by atoms with Crippen molar-refractivity contribution in [3.63, 3.8) is 0 Å². The topological polar surface area (TPSA) is 72.2 Å². The first-order chi connectivity index (χ1) is 18.6. The number of halogens is 1. The third kappa shape index (κ3) is 3.73. The lowest BCUT2D eigenvalue weighted by Gasteiger charge is -2.64. The number of alkyl halides is 1. The van der Waals surface area contributed by atoms with Gasteiger partial charge in [0, 0.05) is 35.1 Å². The number of fused-ring (bicyclic) bond motifs is 1. The monoisotopic (exact) mass is 528 g/mol. The minimum Gasteiger partial charge on any atom is -0.461 e. The van der Waals surface area contributed by atoms with Crippen molar-refractivity contribution in [3.8, 4) is 17.2 Å². The Labute approximate surface area is 230 Å². The number of pyridine rings is 1. The van der Waals surface area contributed by atoms with Crippen LogP contribution in [-0.4, -0.2) is 35.4 Å². The zero-order valence-electron chi connectivity index (χ0n) is 23.4. The van der Waals surface area contributed by atoms with Crippen molar-refractivity contribution in [2.24, 2.45) is 34.5 Å². The highest BCUT2D eigenvalue weighted by atomic mass is 19.1. The zero-order chi connectivity index (χ0) is 28.2. The number of allylic oxidation sites excluding steroid dienone is 1. The van der Waals surface area contributed by atoms with Crippen molar-refractivity contribution in [1.82, 2.24) is 4.98 Å². The van der Waals surface area contributed by atoms with Crippen LogP contribution in [0.15, 0.2) is 61.3 Å². The van der Waals surface area contributed by atoms with Gasteiger partial charge in [-0.25, -0.2) is 4.39 Å². The Balaban J connectivity index is 1.60. The van der Waals surface area contributed by atoms with Crippen LogP contribution in [0, 0.1) is 45.8 Å². The lowest BCUT2D eigenvalue weighted by molar-refractivity contribution is -0.253. The van der Waals surface area contributed by atoms with Gasteiger partial charge in [-0.2, -0.15) is 5.26 Å². The summed E-state index contributed by atoms with van der Waals surface area (Å²) < 4.78 is 29.1. The highest BCUT2D eigenvalue weighted by molar-refractivity contribution is 5.82. The maximum absolute atomic E-state index is 17.0. The molecule has 3 fully saturated rings. The van der Waals surface area contributed by atoms with E-state index in [-0.39, 0.29) is 36.8 Å². The molecule has 2 aliphatic heterocycles. The van der Waals surface area contributed by atoms with Crippen LogP contribution in [0.1, 0.15) is 52.3 Å². The maximum Gasteiger partial charge on any atom is 0.315 e. The van der Waals surface area contributed by atoms with Crippen LogP contribution < -0.4 is 0 Å². The lowest BCUT2D eigenvalue weighted by Crippen LogP contribution is -2.71. The zero-order valence-corrected chi connectivity index (χ0v) is 23.4. The van der Waals surface area contributed by atoms with Gasteiger partial charge < -0.3 is 9.47 Å². The van der Waals surface area contributed by atoms with E-state index >= 15 is 4.39 Å². The van der Waals surface area contributed by atoms with E-state index in [1.807, 2.05) is 50.3 Å². The fourth-order valence-corrected chi connectivity index (χ4v) is 8.00. The number of esters is 1. The molecule has 1 aliphatic carbocycles. The van der Waals surface area contributed by atoms with E-state index in [1.165, 1.54) is 6.08 Å².